The Labute approximate surface area is 89.2 Å². The molecule has 0 aromatic heterocycles. The predicted molar refractivity (Wildman–Crippen MR) is 61.7 cm³/mol. The molecule has 1 aliphatic rings. The second-order valence-corrected chi connectivity index (χ2v) is 8.36. The zero-order valence-corrected chi connectivity index (χ0v) is 11.0. The van der Waals surface area contributed by atoms with E-state index in [4.69, 9.17) is 8.85 Å². The molecule has 0 N–H and O–H groups in total. The molecular formula is C11H24O2Si. The lowest BCUT2D eigenvalue weighted by Crippen LogP contribution is -2.51. The van der Waals surface area contributed by atoms with Gasteiger partial charge in [0.1, 0.15) is 0 Å². The molecule has 0 unspecified atom stereocenters. The maximum absolute atomic E-state index is 6.05. The van der Waals surface area contributed by atoms with Crippen LogP contribution in [0.3, 0.4) is 0 Å². The third-order valence-corrected chi connectivity index (χ3v) is 8.02. The van der Waals surface area contributed by atoms with Crippen LogP contribution in [-0.2, 0) is 8.85 Å². The van der Waals surface area contributed by atoms with Gasteiger partial charge in [-0.25, -0.2) is 0 Å². The second-order valence-electron chi connectivity index (χ2n) is 4.37. The van der Waals surface area contributed by atoms with Gasteiger partial charge in [-0.05, 0) is 32.2 Å². The summed E-state index contributed by atoms with van der Waals surface area (Å²) >= 11 is 0. The van der Waals surface area contributed by atoms with E-state index in [0.717, 1.165) is 18.8 Å². The summed E-state index contributed by atoms with van der Waals surface area (Å²) in [7, 11) is -1.89. The first-order valence-corrected chi connectivity index (χ1v) is 7.92. The molecule has 0 amide bonds. The summed E-state index contributed by atoms with van der Waals surface area (Å²) < 4.78 is 12.1. The largest absolute Gasteiger partial charge is 0.394 e. The van der Waals surface area contributed by atoms with Crippen LogP contribution < -0.4 is 0 Å². The zero-order valence-electron chi connectivity index (χ0n) is 10.0. The van der Waals surface area contributed by atoms with Gasteiger partial charge in [0.15, 0.2) is 0 Å². The second kappa shape index (κ2) is 5.28. The summed E-state index contributed by atoms with van der Waals surface area (Å²) in [5.74, 6) is 0. The van der Waals surface area contributed by atoms with E-state index < -0.39 is 8.56 Å². The van der Waals surface area contributed by atoms with Crippen LogP contribution in [0.25, 0.3) is 0 Å². The van der Waals surface area contributed by atoms with Gasteiger partial charge in [0.2, 0.25) is 0 Å². The van der Waals surface area contributed by atoms with Crippen LogP contribution in [0.2, 0.25) is 11.1 Å². The van der Waals surface area contributed by atoms with E-state index in [9.17, 15) is 0 Å². The smallest absolute Gasteiger partial charge is 0.343 e. The van der Waals surface area contributed by atoms with E-state index in [-0.39, 0.29) is 0 Å². The highest BCUT2D eigenvalue weighted by molar-refractivity contribution is 6.70. The molecule has 0 aromatic carbocycles. The Hall–Kier alpha value is 0.137. The summed E-state index contributed by atoms with van der Waals surface area (Å²) in [6.45, 7) is 10.3. The number of hydrogen-bond acceptors (Lipinski definition) is 2. The Morgan fingerprint density at radius 1 is 1.14 bits per heavy atom. The highest BCUT2D eigenvalue weighted by atomic mass is 28.4. The number of rotatable bonds is 6. The molecule has 0 heterocycles. The molecular weight excluding hydrogens is 192 g/mol. The van der Waals surface area contributed by atoms with Crippen molar-refractivity contribution in [2.24, 2.45) is 0 Å². The first-order valence-electron chi connectivity index (χ1n) is 5.95. The van der Waals surface area contributed by atoms with Gasteiger partial charge in [-0.15, -0.1) is 0 Å². The lowest BCUT2D eigenvalue weighted by Gasteiger charge is -2.44. The summed E-state index contributed by atoms with van der Waals surface area (Å²) in [6.07, 6.45) is 4.01. The van der Waals surface area contributed by atoms with Crippen molar-refractivity contribution in [3.8, 4) is 0 Å². The van der Waals surface area contributed by atoms with Gasteiger partial charge >= 0.3 is 8.56 Å². The molecule has 0 radical (unpaired) electrons. The van der Waals surface area contributed by atoms with Crippen molar-refractivity contribution in [1.29, 1.82) is 0 Å². The van der Waals surface area contributed by atoms with Gasteiger partial charge in [-0.1, -0.05) is 20.3 Å². The molecule has 1 aliphatic carbocycles. The molecule has 0 aliphatic heterocycles. The molecule has 1 rings (SSSR count). The lowest BCUT2D eigenvalue weighted by atomic mass is 10.00. The van der Waals surface area contributed by atoms with Crippen LogP contribution in [0, 0.1) is 0 Å². The maximum atomic E-state index is 6.05. The van der Waals surface area contributed by atoms with Gasteiger partial charge in [0, 0.05) is 18.8 Å². The minimum absolute atomic E-state index is 0.577. The Balaban J connectivity index is 2.70. The highest BCUT2D eigenvalue weighted by Crippen LogP contribution is 2.47. The van der Waals surface area contributed by atoms with E-state index in [2.05, 4.69) is 27.7 Å². The van der Waals surface area contributed by atoms with E-state index in [1.54, 1.807) is 0 Å². The monoisotopic (exact) mass is 216 g/mol. The van der Waals surface area contributed by atoms with Gasteiger partial charge in [0.25, 0.3) is 0 Å². The van der Waals surface area contributed by atoms with Crippen molar-refractivity contribution in [2.75, 3.05) is 13.2 Å². The molecule has 0 spiro atoms. The molecule has 3 heteroatoms. The topological polar surface area (TPSA) is 18.5 Å². The quantitative estimate of drug-likeness (QED) is 0.633. The molecule has 2 nitrogen and oxygen atoms in total. The average Bonchev–Trinajstić information content (AvgIpc) is 2.01. The normalized spacial score (nSPS) is 18.6. The molecule has 1 fully saturated rings. The SMILES string of the molecule is CCO[Si](OCC)(C(C)C)C1CCC1. The average molecular weight is 216 g/mol. The summed E-state index contributed by atoms with van der Waals surface area (Å²) in [5, 5.41) is 0. The third-order valence-electron chi connectivity index (χ3n) is 3.22. The summed E-state index contributed by atoms with van der Waals surface area (Å²) in [6, 6.07) is 0. The predicted octanol–water partition coefficient (Wildman–Crippen LogP) is 3.47. The third kappa shape index (κ3) is 2.20. The molecule has 0 atom stereocenters. The molecule has 14 heavy (non-hydrogen) atoms. The molecule has 0 bridgehead atoms. The van der Waals surface area contributed by atoms with Crippen LogP contribution in [0.15, 0.2) is 0 Å². The zero-order chi connectivity index (χ0) is 10.6. The summed E-state index contributed by atoms with van der Waals surface area (Å²) in [4.78, 5) is 0. The minimum Gasteiger partial charge on any atom is -0.394 e. The molecule has 0 saturated heterocycles. The van der Waals surface area contributed by atoms with Gasteiger partial charge in [-0.3, -0.25) is 0 Å². The fraction of sp³-hybridized carbons (Fsp3) is 1.00. The first kappa shape index (κ1) is 12.2. The van der Waals surface area contributed by atoms with Crippen LogP contribution in [-0.4, -0.2) is 21.8 Å². The Morgan fingerprint density at radius 3 is 1.86 bits per heavy atom. The first-order chi connectivity index (χ1) is 6.67. The van der Waals surface area contributed by atoms with E-state index >= 15 is 0 Å². The van der Waals surface area contributed by atoms with Crippen molar-refractivity contribution in [3.05, 3.63) is 0 Å². The van der Waals surface area contributed by atoms with E-state index in [0.29, 0.717) is 5.54 Å². The van der Waals surface area contributed by atoms with Gasteiger partial charge in [-0.2, -0.15) is 0 Å². The van der Waals surface area contributed by atoms with Crippen molar-refractivity contribution < 1.29 is 8.85 Å². The molecule has 1 saturated carbocycles. The fourth-order valence-corrected chi connectivity index (χ4v) is 6.62. The Bertz CT molecular complexity index is 161. The number of hydrogen-bond donors (Lipinski definition) is 0. The van der Waals surface area contributed by atoms with Crippen molar-refractivity contribution >= 4 is 8.56 Å². The minimum atomic E-state index is -1.89. The van der Waals surface area contributed by atoms with Crippen molar-refractivity contribution in [3.63, 3.8) is 0 Å². The van der Waals surface area contributed by atoms with Crippen LogP contribution in [0.4, 0.5) is 0 Å². The Morgan fingerprint density at radius 2 is 1.64 bits per heavy atom. The molecule has 84 valence electrons. The standard InChI is InChI=1S/C11H24O2Si/c1-5-12-14(10(3)4,13-6-2)11-8-7-9-11/h10-11H,5-9H2,1-4H3. The van der Waals surface area contributed by atoms with Crippen molar-refractivity contribution in [2.45, 2.75) is 58.0 Å². The van der Waals surface area contributed by atoms with Crippen LogP contribution in [0.1, 0.15) is 47.0 Å². The van der Waals surface area contributed by atoms with E-state index in [1.165, 1.54) is 19.3 Å². The van der Waals surface area contributed by atoms with E-state index in [1.807, 2.05) is 0 Å². The maximum Gasteiger partial charge on any atom is 0.343 e. The van der Waals surface area contributed by atoms with Gasteiger partial charge < -0.3 is 8.85 Å². The van der Waals surface area contributed by atoms with Crippen LogP contribution in [0.5, 0.6) is 0 Å². The van der Waals surface area contributed by atoms with Gasteiger partial charge in [0.05, 0.1) is 0 Å². The fourth-order valence-electron chi connectivity index (χ4n) is 2.34. The van der Waals surface area contributed by atoms with Crippen LogP contribution >= 0.6 is 0 Å². The Kier molecular flexibility index (Phi) is 4.61. The van der Waals surface area contributed by atoms with Crippen molar-refractivity contribution in [1.82, 2.24) is 0 Å². The molecule has 0 aromatic rings. The highest BCUT2D eigenvalue weighted by Gasteiger charge is 2.50. The summed E-state index contributed by atoms with van der Waals surface area (Å²) in [5.41, 5.74) is 1.33. The lowest BCUT2D eigenvalue weighted by molar-refractivity contribution is 0.150.